The Morgan fingerprint density at radius 2 is 1.71 bits per heavy atom. The number of nitrogens with zero attached hydrogens (tertiary/aromatic N) is 2. The fraction of sp³-hybridized carbons (Fsp3) is 0.0385. The third-order valence-electron chi connectivity index (χ3n) is 5.08. The summed E-state index contributed by atoms with van der Waals surface area (Å²) in [5.74, 6) is -0.152. The number of nitro benzene ring substituents is 1. The molecule has 5 nitrogen and oxygen atoms in total. The van der Waals surface area contributed by atoms with Crippen LogP contribution in [0.4, 0.5) is 18.9 Å². The van der Waals surface area contributed by atoms with Crippen LogP contribution in [-0.4, -0.2) is 4.92 Å². The third-order valence-corrected chi connectivity index (χ3v) is 5.08. The largest absolute Gasteiger partial charge is 0.450 e. The fourth-order valence-corrected chi connectivity index (χ4v) is 3.51. The number of hydrogen-bond donors (Lipinski definition) is 0. The Morgan fingerprint density at radius 3 is 2.44 bits per heavy atom. The van der Waals surface area contributed by atoms with E-state index in [0.717, 1.165) is 28.5 Å². The van der Waals surface area contributed by atoms with Crippen LogP contribution in [0.3, 0.4) is 0 Å². The maximum absolute atomic E-state index is 12.9. The first-order chi connectivity index (χ1) is 16.3. The molecule has 0 amide bonds. The third kappa shape index (κ3) is 4.74. The number of ether oxygens (including phenoxy) is 1. The highest BCUT2D eigenvalue weighted by Gasteiger charge is 2.33. The monoisotopic (exact) mass is 460 g/mol. The van der Waals surface area contributed by atoms with E-state index in [1.807, 2.05) is 42.5 Å². The van der Waals surface area contributed by atoms with E-state index in [2.05, 4.69) is 6.07 Å². The lowest BCUT2D eigenvalue weighted by Gasteiger charge is -2.10. The van der Waals surface area contributed by atoms with Gasteiger partial charge in [0.15, 0.2) is 0 Å². The van der Waals surface area contributed by atoms with Crippen molar-refractivity contribution in [1.29, 1.82) is 5.26 Å². The molecular weight excluding hydrogens is 445 g/mol. The highest BCUT2D eigenvalue weighted by Crippen LogP contribution is 2.38. The van der Waals surface area contributed by atoms with Crippen LogP contribution in [0.15, 0.2) is 84.9 Å². The van der Waals surface area contributed by atoms with Gasteiger partial charge in [0.2, 0.25) is 5.75 Å². The lowest BCUT2D eigenvalue weighted by molar-refractivity contribution is -0.385. The molecule has 0 heterocycles. The first kappa shape index (κ1) is 22.6. The van der Waals surface area contributed by atoms with Crippen LogP contribution >= 0.6 is 0 Å². The van der Waals surface area contributed by atoms with Gasteiger partial charge in [-0.15, -0.1) is 0 Å². The number of allylic oxidation sites excluding steroid dienone is 1. The normalized spacial score (nSPS) is 11.8. The Bertz CT molecular complexity index is 1470. The lowest BCUT2D eigenvalue weighted by atomic mass is 9.97. The molecule has 0 fully saturated rings. The molecule has 0 spiro atoms. The predicted octanol–water partition coefficient (Wildman–Crippen LogP) is 7.62. The highest BCUT2D eigenvalue weighted by atomic mass is 19.4. The van der Waals surface area contributed by atoms with Crippen LogP contribution in [-0.2, 0) is 6.18 Å². The molecule has 0 bridgehead atoms. The second-order valence-electron chi connectivity index (χ2n) is 7.31. The molecule has 0 saturated carbocycles. The van der Waals surface area contributed by atoms with Crippen molar-refractivity contribution in [3.8, 4) is 17.6 Å². The van der Waals surface area contributed by atoms with Gasteiger partial charge in [0.25, 0.3) is 0 Å². The smallest absolute Gasteiger partial charge is 0.416 e. The maximum Gasteiger partial charge on any atom is 0.416 e. The number of fused-ring (bicyclic) bond motifs is 1. The van der Waals surface area contributed by atoms with E-state index in [1.165, 1.54) is 6.07 Å². The molecule has 0 aromatic heterocycles. The maximum atomic E-state index is 12.9. The Hall–Kier alpha value is -4.64. The van der Waals surface area contributed by atoms with Gasteiger partial charge in [-0.2, -0.15) is 18.4 Å². The minimum Gasteiger partial charge on any atom is -0.450 e. The van der Waals surface area contributed by atoms with Gasteiger partial charge in [0, 0.05) is 11.6 Å². The molecule has 0 saturated heterocycles. The average molecular weight is 460 g/mol. The van der Waals surface area contributed by atoms with E-state index in [9.17, 15) is 28.5 Å². The fourth-order valence-electron chi connectivity index (χ4n) is 3.51. The van der Waals surface area contributed by atoms with Crippen molar-refractivity contribution in [2.24, 2.45) is 0 Å². The van der Waals surface area contributed by atoms with Gasteiger partial charge >= 0.3 is 11.9 Å². The predicted molar refractivity (Wildman–Crippen MR) is 122 cm³/mol. The van der Waals surface area contributed by atoms with E-state index in [0.29, 0.717) is 17.2 Å². The number of halogens is 3. The second-order valence-corrected chi connectivity index (χ2v) is 7.31. The van der Waals surface area contributed by atoms with Gasteiger partial charge in [-0.25, -0.2) is 0 Å². The van der Waals surface area contributed by atoms with Gasteiger partial charge in [-0.1, -0.05) is 54.6 Å². The van der Waals surface area contributed by atoms with Crippen LogP contribution in [0.5, 0.6) is 11.5 Å². The second kappa shape index (κ2) is 9.08. The molecule has 0 radical (unpaired) electrons. The minimum atomic E-state index is -4.72. The van der Waals surface area contributed by atoms with Crippen molar-refractivity contribution in [2.75, 3.05) is 0 Å². The molecule has 0 N–H and O–H groups in total. The van der Waals surface area contributed by atoms with E-state index in [4.69, 9.17) is 4.74 Å². The van der Waals surface area contributed by atoms with Gasteiger partial charge in [-0.05, 0) is 46.7 Å². The standard InChI is InChI=1S/C26H15F3N2O3/c27-26(28,29)20-11-12-25(24(15-20)31(32)33)34-21-8-3-5-17(14-21)13-19(16-30)23-10-4-7-18-6-1-2-9-22(18)23/h1-15H/b19-13-. The Kier molecular flexibility index (Phi) is 6.02. The van der Waals surface area contributed by atoms with Gasteiger partial charge < -0.3 is 4.74 Å². The number of benzene rings is 4. The van der Waals surface area contributed by atoms with Crippen LogP contribution < -0.4 is 4.74 Å². The lowest BCUT2D eigenvalue weighted by Crippen LogP contribution is -2.06. The summed E-state index contributed by atoms with van der Waals surface area (Å²) in [6, 6.07) is 24.0. The molecule has 8 heteroatoms. The van der Waals surface area contributed by atoms with E-state index in [1.54, 1.807) is 24.3 Å². The average Bonchev–Trinajstić information content (AvgIpc) is 2.82. The van der Waals surface area contributed by atoms with Crippen molar-refractivity contribution >= 4 is 28.1 Å². The SMILES string of the molecule is N#C/C(=C/c1cccc(Oc2ccc(C(F)(F)F)cc2[N+](=O)[O-])c1)c1cccc2ccccc12. The summed E-state index contributed by atoms with van der Waals surface area (Å²) in [5, 5.41) is 23.0. The molecule has 34 heavy (non-hydrogen) atoms. The number of alkyl halides is 3. The highest BCUT2D eigenvalue weighted by molar-refractivity contribution is 6.01. The van der Waals surface area contributed by atoms with Crippen molar-refractivity contribution < 1.29 is 22.8 Å². The first-order valence-corrected chi connectivity index (χ1v) is 10.00. The quantitative estimate of drug-likeness (QED) is 0.133. The Balaban J connectivity index is 1.69. The van der Waals surface area contributed by atoms with Crippen molar-refractivity contribution in [1.82, 2.24) is 0 Å². The topological polar surface area (TPSA) is 76.2 Å². The number of rotatable bonds is 5. The summed E-state index contributed by atoms with van der Waals surface area (Å²) in [5.41, 5.74) is -0.225. The Morgan fingerprint density at radius 1 is 0.971 bits per heavy atom. The van der Waals surface area contributed by atoms with Crippen molar-refractivity contribution in [3.63, 3.8) is 0 Å². The van der Waals surface area contributed by atoms with Crippen LogP contribution in [0.1, 0.15) is 16.7 Å². The van der Waals surface area contributed by atoms with Gasteiger partial charge in [0.1, 0.15) is 5.75 Å². The summed E-state index contributed by atoms with van der Waals surface area (Å²) >= 11 is 0. The summed E-state index contributed by atoms with van der Waals surface area (Å²) in [6.45, 7) is 0. The number of nitro groups is 1. The molecular formula is C26H15F3N2O3. The molecule has 0 aliphatic carbocycles. The zero-order valence-corrected chi connectivity index (χ0v) is 17.4. The number of nitriles is 1. The summed E-state index contributed by atoms with van der Waals surface area (Å²) in [6.07, 6.45) is -3.07. The van der Waals surface area contributed by atoms with Crippen LogP contribution in [0, 0.1) is 21.4 Å². The summed E-state index contributed by atoms with van der Waals surface area (Å²) in [4.78, 5) is 10.4. The molecule has 0 aliphatic rings. The summed E-state index contributed by atoms with van der Waals surface area (Å²) in [7, 11) is 0. The van der Waals surface area contributed by atoms with Crippen LogP contribution in [0.25, 0.3) is 22.4 Å². The van der Waals surface area contributed by atoms with Crippen LogP contribution in [0.2, 0.25) is 0 Å². The van der Waals surface area contributed by atoms with E-state index < -0.39 is 22.4 Å². The van der Waals surface area contributed by atoms with E-state index in [-0.39, 0.29) is 11.5 Å². The zero-order chi connectivity index (χ0) is 24.3. The molecule has 0 atom stereocenters. The minimum absolute atomic E-state index is 0.173. The molecule has 4 rings (SSSR count). The molecule has 4 aromatic carbocycles. The molecule has 0 unspecified atom stereocenters. The first-order valence-electron chi connectivity index (χ1n) is 10.00. The van der Waals surface area contributed by atoms with E-state index >= 15 is 0 Å². The van der Waals surface area contributed by atoms with Gasteiger partial charge in [-0.3, -0.25) is 10.1 Å². The summed E-state index contributed by atoms with van der Waals surface area (Å²) < 4.78 is 44.4. The Labute approximate surface area is 192 Å². The van der Waals surface area contributed by atoms with Gasteiger partial charge in [0.05, 0.1) is 22.1 Å². The van der Waals surface area contributed by atoms with Crippen molar-refractivity contribution in [3.05, 3.63) is 112 Å². The molecule has 4 aromatic rings. The zero-order valence-electron chi connectivity index (χ0n) is 17.4. The van der Waals surface area contributed by atoms with Crippen molar-refractivity contribution in [2.45, 2.75) is 6.18 Å². The molecule has 168 valence electrons. The molecule has 0 aliphatic heterocycles. The number of hydrogen-bond acceptors (Lipinski definition) is 4.